The van der Waals surface area contributed by atoms with E-state index in [-0.39, 0.29) is 16.9 Å². The Kier molecular flexibility index (Phi) is 4.27. The van der Waals surface area contributed by atoms with Gasteiger partial charge in [0.05, 0.1) is 17.5 Å². The van der Waals surface area contributed by atoms with Crippen molar-refractivity contribution in [2.45, 2.75) is 44.6 Å². The third kappa shape index (κ3) is 2.98. The summed E-state index contributed by atoms with van der Waals surface area (Å²) in [6.07, 6.45) is 1.98. The standard InChI is InChI=1S/C12H21N3O3S/c1-4-11-10(5-6-18-11)7-13-19(16,17)12-8(2)14-15-9(12)3/h10-11,13H,4-7H2,1-3H3,(H,14,15). The molecule has 2 N–H and O–H groups in total. The lowest BCUT2D eigenvalue weighted by molar-refractivity contribution is 0.0884. The molecule has 1 fully saturated rings. The smallest absolute Gasteiger partial charge is 0.244 e. The summed E-state index contributed by atoms with van der Waals surface area (Å²) in [5, 5.41) is 6.62. The first-order valence-electron chi connectivity index (χ1n) is 6.58. The molecular weight excluding hydrogens is 266 g/mol. The van der Waals surface area contributed by atoms with Crippen molar-refractivity contribution >= 4 is 10.0 Å². The summed E-state index contributed by atoms with van der Waals surface area (Å²) in [7, 11) is -3.50. The Hall–Kier alpha value is -0.920. The number of ether oxygens (including phenoxy) is 1. The molecule has 1 aromatic rings. The average Bonchev–Trinajstić information content (AvgIpc) is 2.93. The molecular formula is C12H21N3O3S. The highest BCUT2D eigenvalue weighted by atomic mass is 32.2. The summed E-state index contributed by atoms with van der Waals surface area (Å²) in [6, 6.07) is 0. The summed E-state index contributed by atoms with van der Waals surface area (Å²) in [5.41, 5.74) is 1.07. The second-order valence-electron chi connectivity index (χ2n) is 4.98. The van der Waals surface area contributed by atoms with E-state index in [0.717, 1.165) is 12.8 Å². The topological polar surface area (TPSA) is 84.1 Å². The largest absolute Gasteiger partial charge is 0.378 e. The fourth-order valence-corrected chi connectivity index (χ4v) is 4.06. The van der Waals surface area contributed by atoms with Crippen molar-refractivity contribution in [3.05, 3.63) is 11.4 Å². The second kappa shape index (κ2) is 5.60. The normalized spacial score (nSPS) is 23.9. The van der Waals surface area contributed by atoms with Gasteiger partial charge in [0.15, 0.2) is 0 Å². The Morgan fingerprint density at radius 1 is 1.47 bits per heavy atom. The van der Waals surface area contributed by atoms with Gasteiger partial charge in [0.1, 0.15) is 4.90 Å². The molecule has 1 aliphatic rings. The van der Waals surface area contributed by atoms with Gasteiger partial charge in [-0.3, -0.25) is 5.10 Å². The summed E-state index contributed by atoms with van der Waals surface area (Å²) in [6.45, 7) is 6.59. The van der Waals surface area contributed by atoms with Crippen molar-refractivity contribution in [2.75, 3.05) is 13.2 Å². The van der Waals surface area contributed by atoms with E-state index in [2.05, 4.69) is 21.8 Å². The SMILES string of the molecule is CCC1OCCC1CNS(=O)(=O)c1c(C)n[nH]c1C. The van der Waals surface area contributed by atoms with Gasteiger partial charge in [-0.15, -0.1) is 0 Å². The Morgan fingerprint density at radius 3 is 2.79 bits per heavy atom. The highest BCUT2D eigenvalue weighted by Gasteiger charge is 2.29. The number of aromatic nitrogens is 2. The van der Waals surface area contributed by atoms with E-state index in [1.54, 1.807) is 13.8 Å². The molecule has 0 radical (unpaired) electrons. The fourth-order valence-electron chi connectivity index (χ4n) is 2.60. The number of aromatic amines is 1. The van der Waals surface area contributed by atoms with Crippen molar-refractivity contribution in [3.8, 4) is 0 Å². The molecule has 0 amide bonds. The van der Waals surface area contributed by atoms with Crippen LogP contribution in [0.25, 0.3) is 0 Å². The van der Waals surface area contributed by atoms with Crippen LogP contribution >= 0.6 is 0 Å². The van der Waals surface area contributed by atoms with Crippen LogP contribution in [0.15, 0.2) is 4.90 Å². The molecule has 0 spiro atoms. The van der Waals surface area contributed by atoms with E-state index in [1.165, 1.54) is 0 Å². The van der Waals surface area contributed by atoms with Crippen molar-refractivity contribution < 1.29 is 13.2 Å². The zero-order chi connectivity index (χ0) is 14.0. The van der Waals surface area contributed by atoms with Gasteiger partial charge in [-0.25, -0.2) is 13.1 Å². The summed E-state index contributed by atoms with van der Waals surface area (Å²) < 4.78 is 32.8. The first kappa shape index (κ1) is 14.5. The number of aryl methyl sites for hydroxylation is 2. The maximum absolute atomic E-state index is 12.3. The molecule has 2 atom stereocenters. The average molecular weight is 287 g/mol. The Bertz CT molecular complexity index is 519. The summed E-state index contributed by atoms with van der Waals surface area (Å²) in [5.74, 6) is 0.257. The van der Waals surface area contributed by atoms with Crippen molar-refractivity contribution in [3.63, 3.8) is 0 Å². The highest BCUT2D eigenvalue weighted by molar-refractivity contribution is 7.89. The number of hydrogen-bond acceptors (Lipinski definition) is 4. The molecule has 2 unspecified atom stereocenters. The molecule has 19 heavy (non-hydrogen) atoms. The zero-order valence-electron chi connectivity index (χ0n) is 11.6. The molecule has 1 aliphatic heterocycles. The van der Waals surface area contributed by atoms with Gasteiger partial charge in [0, 0.05) is 19.1 Å². The third-order valence-electron chi connectivity index (χ3n) is 3.61. The van der Waals surface area contributed by atoms with Crippen LogP contribution in [0.5, 0.6) is 0 Å². The van der Waals surface area contributed by atoms with Crippen molar-refractivity contribution in [1.82, 2.24) is 14.9 Å². The minimum atomic E-state index is -3.50. The number of nitrogens with zero attached hydrogens (tertiary/aromatic N) is 1. The maximum Gasteiger partial charge on any atom is 0.244 e. The van der Waals surface area contributed by atoms with Gasteiger partial charge < -0.3 is 4.74 Å². The Balaban J connectivity index is 2.06. The molecule has 1 aromatic heterocycles. The number of hydrogen-bond donors (Lipinski definition) is 2. The van der Waals surface area contributed by atoms with E-state index >= 15 is 0 Å². The number of sulfonamides is 1. The first-order valence-corrected chi connectivity index (χ1v) is 8.07. The molecule has 108 valence electrons. The number of rotatable bonds is 5. The van der Waals surface area contributed by atoms with Crippen LogP contribution in [0.2, 0.25) is 0 Å². The Morgan fingerprint density at radius 2 is 2.21 bits per heavy atom. The van der Waals surface area contributed by atoms with Crippen LogP contribution in [-0.2, 0) is 14.8 Å². The molecule has 2 rings (SSSR count). The second-order valence-corrected chi connectivity index (χ2v) is 6.69. The third-order valence-corrected chi connectivity index (χ3v) is 5.30. The fraction of sp³-hybridized carbons (Fsp3) is 0.750. The van der Waals surface area contributed by atoms with Crippen LogP contribution in [-0.4, -0.2) is 37.9 Å². The van der Waals surface area contributed by atoms with E-state index in [1.807, 2.05) is 0 Å². The van der Waals surface area contributed by atoms with Crippen molar-refractivity contribution in [1.29, 1.82) is 0 Å². The predicted molar refractivity (Wildman–Crippen MR) is 71.4 cm³/mol. The maximum atomic E-state index is 12.3. The lowest BCUT2D eigenvalue weighted by Crippen LogP contribution is -2.33. The van der Waals surface area contributed by atoms with Crippen LogP contribution in [0.1, 0.15) is 31.2 Å². The molecule has 0 aromatic carbocycles. The van der Waals surface area contributed by atoms with Crippen LogP contribution < -0.4 is 4.72 Å². The monoisotopic (exact) mass is 287 g/mol. The quantitative estimate of drug-likeness (QED) is 0.850. The first-order chi connectivity index (χ1) is 8.95. The van der Waals surface area contributed by atoms with Gasteiger partial charge in [-0.1, -0.05) is 6.92 Å². The van der Waals surface area contributed by atoms with Crippen LogP contribution in [0.3, 0.4) is 0 Å². The lowest BCUT2D eigenvalue weighted by atomic mass is 10.0. The van der Waals surface area contributed by atoms with Gasteiger partial charge in [0.25, 0.3) is 0 Å². The van der Waals surface area contributed by atoms with E-state index in [4.69, 9.17) is 4.74 Å². The van der Waals surface area contributed by atoms with Gasteiger partial charge in [-0.2, -0.15) is 5.10 Å². The highest BCUT2D eigenvalue weighted by Crippen LogP contribution is 2.23. The number of nitrogens with one attached hydrogen (secondary N) is 2. The van der Waals surface area contributed by atoms with Gasteiger partial charge >= 0.3 is 0 Å². The Labute approximate surface area is 114 Å². The van der Waals surface area contributed by atoms with Crippen LogP contribution in [0.4, 0.5) is 0 Å². The molecule has 0 saturated carbocycles. The van der Waals surface area contributed by atoms with E-state index < -0.39 is 10.0 Å². The summed E-state index contributed by atoms with van der Waals surface area (Å²) in [4.78, 5) is 0.263. The lowest BCUT2D eigenvalue weighted by Gasteiger charge is -2.17. The summed E-state index contributed by atoms with van der Waals surface area (Å²) >= 11 is 0. The molecule has 1 saturated heterocycles. The zero-order valence-corrected chi connectivity index (χ0v) is 12.4. The van der Waals surface area contributed by atoms with Gasteiger partial charge in [0.2, 0.25) is 10.0 Å². The molecule has 0 bridgehead atoms. The minimum Gasteiger partial charge on any atom is -0.378 e. The predicted octanol–water partition coefficient (Wildman–Crippen LogP) is 1.12. The van der Waals surface area contributed by atoms with Crippen LogP contribution in [0, 0.1) is 19.8 Å². The van der Waals surface area contributed by atoms with Crippen molar-refractivity contribution in [2.24, 2.45) is 5.92 Å². The van der Waals surface area contributed by atoms with E-state index in [9.17, 15) is 8.42 Å². The van der Waals surface area contributed by atoms with Gasteiger partial charge in [-0.05, 0) is 26.7 Å². The molecule has 6 nitrogen and oxygen atoms in total. The van der Waals surface area contributed by atoms with E-state index in [0.29, 0.717) is 24.5 Å². The number of H-pyrrole nitrogens is 1. The molecule has 7 heteroatoms. The molecule has 2 heterocycles. The molecule has 0 aliphatic carbocycles. The minimum absolute atomic E-state index is 0.161.